The van der Waals surface area contributed by atoms with Crippen LogP contribution in [0, 0.1) is 0 Å². The quantitative estimate of drug-likeness (QED) is 0.438. The third-order valence-electron chi connectivity index (χ3n) is 3.86. The zero-order valence-corrected chi connectivity index (χ0v) is 17.9. The molecule has 0 aliphatic carbocycles. The van der Waals surface area contributed by atoms with Crippen LogP contribution >= 0.6 is 15.9 Å². The number of methoxy groups -OCH3 is 3. The Morgan fingerprint density at radius 1 is 0.966 bits per heavy atom. The number of benzene rings is 2. The van der Waals surface area contributed by atoms with Gasteiger partial charge in [-0.15, -0.1) is 0 Å². The first-order valence-corrected chi connectivity index (χ1v) is 9.44. The van der Waals surface area contributed by atoms with Crippen molar-refractivity contribution in [3.05, 3.63) is 46.4 Å². The number of amides is 2. The van der Waals surface area contributed by atoms with Crippen LogP contribution in [0.5, 0.6) is 17.2 Å². The number of ether oxygens (including phenoxy) is 3. The molecule has 0 saturated heterocycles. The van der Waals surface area contributed by atoms with Crippen LogP contribution in [0.25, 0.3) is 0 Å². The lowest BCUT2D eigenvalue weighted by Gasteiger charge is -2.10. The molecular weight excluding hydrogens is 442 g/mol. The molecule has 0 radical (unpaired) electrons. The molecule has 9 heteroatoms. The molecule has 2 N–H and O–H groups in total. The van der Waals surface area contributed by atoms with E-state index >= 15 is 0 Å². The molecule has 29 heavy (non-hydrogen) atoms. The number of hydrazone groups is 1. The highest BCUT2D eigenvalue weighted by Gasteiger charge is 2.10. The summed E-state index contributed by atoms with van der Waals surface area (Å²) in [5, 5.41) is 6.63. The largest absolute Gasteiger partial charge is 0.496 e. The van der Waals surface area contributed by atoms with Gasteiger partial charge in [0.1, 0.15) is 17.2 Å². The minimum Gasteiger partial charge on any atom is -0.496 e. The molecular formula is C20H22BrN3O5. The van der Waals surface area contributed by atoms with Crippen molar-refractivity contribution in [1.82, 2.24) is 5.43 Å². The summed E-state index contributed by atoms with van der Waals surface area (Å²) < 4.78 is 16.4. The Kier molecular flexibility index (Phi) is 8.47. The predicted octanol–water partition coefficient (Wildman–Crippen LogP) is 3.34. The van der Waals surface area contributed by atoms with Crippen molar-refractivity contribution in [2.75, 3.05) is 26.6 Å². The van der Waals surface area contributed by atoms with Gasteiger partial charge in [-0.2, -0.15) is 5.10 Å². The summed E-state index contributed by atoms with van der Waals surface area (Å²) in [5.41, 5.74) is 3.60. The molecule has 2 amide bonds. The van der Waals surface area contributed by atoms with E-state index in [2.05, 4.69) is 31.8 Å². The number of carbonyl (C=O) groups is 2. The van der Waals surface area contributed by atoms with Gasteiger partial charge in [0.25, 0.3) is 0 Å². The molecule has 8 nitrogen and oxygen atoms in total. The van der Waals surface area contributed by atoms with Crippen LogP contribution in [0.3, 0.4) is 0 Å². The number of para-hydroxylation sites is 2. The standard InChI is InChI=1S/C20H22BrN3O5/c1-27-16-7-5-4-6-15(16)23-19(25)8-9-20(26)24-22-12-13-10-14(21)18(29-3)11-17(13)28-2/h4-7,10-12H,8-9H2,1-3H3,(H,23,25)(H,24,26)/b22-12+. The lowest BCUT2D eigenvalue weighted by atomic mass is 10.2. The second-order valence-corrected chi connectivity index (χ2v) is 6.62. The van der Waals surface area contributed by atoms with Crippen LogP contribution in [-0.2, 0) is 9.59 Å². The number of hydrogen-bond acceptors (Lipinski definition) is 6. The van der Waals surface area contributed by atoms with E-state index in [1.54, 1.807) is 43.5 Å². The summed E-state index contributed by atoms with van der Waals surface area (Å²) >= 11 is 3.39. The Hall–Kier alpha value is -3.07. The van der Waals surface area contributed by atoms with Gasteiger partial charge in [-0.05, 0) is 34.1 Å². The summed E-state index contributed by atoms with van der Waals surface area (Å²) in [5.74, 6) is 1.02. The number of rotatable bonds is 9. The Morgan fingerprint density at radius 3 is 2.31 bits per heavy atom. The number of anilines is 1. The highest BCUT2D eigenvalue weighted by molar-refractivity contribution is 9.10. The molecule has 2 rings (SSSR count). The lowest BCUT2D eigenvalue weighted by Crippen LogP contribution is -2.20. The van der Waals surface area contributed by atoms with Gasteiger partial charge in [0.05, 0.1) is 37.7 Å². The predicted molar refractivity (Wildman–Crippen MR) is 114 cm³/mol. The van der Waals surface area contributed by atoms with Crippen LogP contribution in [0.1, 0.15) is 18.4 Å². The fraction of sp³-hybridized carbons (Fsp3) is 0.250. The second-order valence-electron chi connectivity index (χ2n) is 5.77. The molecule has 0 spiro atoms. The van der Waals surface area contributed by atoms with Crippen LogP contribution in [0.4, 0.5) is 5.69 Å². The first-order valence-electron chi connectivity index (χ1n) is 8.64. The minimum atomic E-state index is -0.386. The zero-order valence-electron chi connectivity index (χ0n) is 16.3. The normalized spacial score (nSPS) is 10.5. The SMILES string of the molecule is COc1cc(OC)c(/C=N/NC(=O)CCC(=O)Nc2ccccc2OC)cc1Br. The first kappa shape index (κ1) is 22.2. The maximum Gasteiger partial charge on any atom is 0.240 e. The number of hydrogen-bond donors (Lipinski definition) is 2. The van der Waals surface area contributed by atoms with Crippen LogP contribution in [0.15, 0.2) is 46.0 Å². The van der Waals surface area contributed by atoms with Gasteiger partial charge in [0, 0.05) is 24.5 Å². The van der Waals surface area contributed by atoms with Crippen LogP contribution in [0.2, 0.25) is 0 Å². The Labute approximate surface area is 177 Å². The molecule has 0 heterocycles. The maximum absolute atomic E-state index is 12.0. The van der Waals surface area contributed by atoms with Gasteiger partial charge in [0.2, 0.25) is 11.8 Å². The van der Waals surface area contributed by atoms with E-state index in [1.165, 1.54) is 20.4 Å². The topological polar surface area (TPSA) is 98.3 Å². The van der Waals surface area contributed by atoms with Crippen molar-refractivity contribution in [3.8, 4) is 17.2 Å². The second kappa shape index (κ2) is 11.1. The van der Waals surface area contributed by atoms with E-state index < -0.39 is 0 Å². The summed E-state index contributed by atoms with van der Waals surface area (Å²) in [6.45, 7) is 0. The average molecular weight is 464 g/mol. The van der Waals surface area contributed by atoms with Gasteiger partial charge < -0.3 is 19.5 Å². The van der Waals surface area contributed by atoms with E-state index in [-0.39, 0.29) is 24.7 Å². The molecule has 154 valence electrons. The average Bonchev–Trinajstić information content (AvgIpc) is 2.73. The van der Waals surface area contributed by atoms with Gasteiger partial charge in [0.15, 0.2) is 0 Å². The number of nitrogens with one attached hydrogen (secondary N) is 2. The number of halogens is 1. The molecule has 0 saturated carbocycles. The number of nitrogens with zero attached hydrogens (tertiary/aromatic N) is 1. The van der Waals surface area contributed by atoms with Crippen molar-refractivity contribution in [2.24, 2.45) is 5.10 Å². The Morgan fingerprint density at radius 2 is 1.62 bits per heavy atom. The van der Waals surface area contributed by atoms with E-state index in [0.717, 1.165) is 4.47 Å². The Balaban J connectivity index is 1.87. The van der Waals surface area contributed by atoms with E-state index in [1.807, 2.05) is 0 Å². The van der Waals surface area contributed by atoms with Gasteiger partial charge in [-0.3, -0.25) is 9.59 Å². The molecule has 0 aliphatic heterocycles. The molecule has 0 fully saturated rings. The molecule has 2 aromatic rings. The van der Waals surface area contributed by atoms with Crippen molar-refractivity contribution < 1.29 is 23.8 Å². The monoisotopic (exact) mass is 463 g/mol. The van der Waals surface area contributed by atoms with Gasteiger partial charge >= 0.3 is 0 Å². The lowest BCUT2D eigenvalue weighted by molar-refractivity contribution is -0.124. The highest BCUT2D eigenvalue weighted by atomic mass is 79.9. The van der Waals surface area contributed by atoms with Crippen molar-refractivity contribution in [1.29, 1.82) is 0 Å². The zero-order chi connectivity index (χ0) is 21.2. The summed E-state index contributed by atoms with van der Waals surface area (Å²) in [7, 11) is 4.60. The number of carbonyl (C=O) groups excluding carboxylic acids is 2. The maximum atomic E-state index is 12.0. The van der Waals surface area contributed by atoms with Gasteiger partial charge in [-0.1, -0.05) is 12.1 Å². The third-order valence-corrected chi connectivity index (χ3v) is 4.48. The first-order chi connectivity index (χ1) is 14.0. The summed E-state index contributed by atoms with van der Waals surface area (Å²) in [4.78, 5) is 24.0. The molecule has 0 bridgehead atoms. The molecule has 0 aromatic heterocycles. The van der Waals surface area contributed by atoms with Crippen molar-refractivity contribution >= 4 is 39.6 Å². The summed E-state index contributed by atoms with van der Waals surface area (Å²) in [6, 6.07) is 10.5. The van der Waals surface area contributed by atoms with E-state index in [0.29, 0.717) is 28.5 Å². The molecule has 0 unspecified atom stereocenters. The minimum absolute atomic E-state index is 0.0107. The van der Waals surface area contributed by atoms with E-state index in [4.69, 9.17) is 14.2 Å². The summed E-state index contributed by atoms with van der Waals surface area (Å²) in [6.07, 6.45) is 1.45. The Bertz CT molecular complexity index is 902. The van der Waals surface area contributed by atoms with Crippen LogP contribution in [-0.4, -0.2) is 39.4 Å². The highest BCUT2D eigenvalue weighted by Crippen LogP contribution is 2.31. The third kappa shape index (κ3) is 6.49. The van der Waals surface area contributed by atoms with Crippen LogP contribution < -0.4 is 25.0 Å². The van der Waals surface area contributed by atoms with E-state index in [9.17, 15) is 9.59 Å². The fourth-order valence-corrected chi connectivity index (χ4v) is 2.92. The molecule has 0 atom stereocenters. The smallest absolute Gasteiger partial charge is 0.240 e. The van der Waals surface area contributed by atoms with Crippen molar-refractivity contribution in [3.63, 3.8) is 0 Å². The molecule has 0 aliphatic rings. The van der Waals surface area contributed by atoms with Gasteiger partial charge in [-0.25, -0.2) is 5.43 Å². The molecule has 2 aromatic carbocycles. The van der Waals surface area contributed by atoms with Crippen molar-refractivity contribution in [2.45, 2.75) is 12.8 Å². The fourth-order valence-electron chi connectivity index (χ4n) is 2.40.